The maximum absolute atomic E-state index is 5.94. The minimum Gasteiger partial charge on any atom is -0.316 e. The molecule has 0 bridgehead atoms. The number of hydrogen-bond acceptors (Lipinski definition) is 3. The second-order valence-electron chi connectivity index (χ2n) is 5.87. The van der Waals surface area contributed by atoms with E-state index in [9.17, 15) is 0 Å². The van der Waals surface area contributed by atoms with Gasteiger partial charge in [-0.15, -0.1) is 0 Å². The molecule has 1 aliphatic heterocycles. The van der Waals surface area contributed by atoms with Crippen LogP contribution >= 0.6 is 0 Å². The van der Waals surface area contributed by atoms with E-state index in [0.29, 0.717) is 6.17 Å². The largest absolute Gasteiger partial charge is 0.316 e. The quantitative estimate of drug-likeness (QED) is 0.576. The standard InChI is InChI=1S/C16H33N3/c1-3-4-5-6-7-8-9-10-11-12-16-18-13-14-19(16)15(2)17/h13,15-16H,3-12,14,17H2,1-2H3. The number of nitrogens with zero attached hydrogens (tertiary/aromatic N) is 2. The molecule has 2 atom stereocenters. The maximum atomic E-state index is 5.94. The molecule has 1 heterocycles. The summed E-state index contributed by atoms with van der Waals surface area (Å²) >= 11 is 0. The molecule has 0 aromatic heterocycles. The third-order valence-electron chi connectivity index (χ3n) is 4.04. The van der Waals surface area contributed by atoms with Crippen molar-refractivity contribution in [2.45, 2.75) is 90.4 Å². The zero-order valence-electron chi connectivity index (χ0n) is 13.0. The van der Waals surface area contributed by atoms with E-state index in [1.54, 1.807) is 0 Å². The predicted molar refractivity (Wildman–Crippen MR) is 84.5 cm³/mol. The fourth-order valence-corrected chi connectivity index (χ4v) is 2.79. The smallest absolute Gasteiger partial charge is 0.103 e. The fourth-order valence-electron chi connectivity index (χ4n) is 2.79. The van der Waals surface area contributed by atoms with Crippen molar-refractivity contribution in [1.82, 2.24) is 4.90 Å². The molecule has 0 spiro atoms. The maximum Gasteiger partial charge on any atom is 0.103 e. The van der Waals surface area contributed by atoms with Crippen molar-refractivity contribution in [2.24, 2.45) is 10.7 Å². The Labute approximate surface area is 119 Å². The second kappa shape index (κ2) is 10.4. The molecule has 0 saturated heterocycles. The van der Waals surface area contributed by atoms with Crippen LogP contribution in [0.3, 0.4) is 0 Å². The normalized spacial score (nSPS) is 21.1. The molecule has 0 fully saturated rings. The van der Waals surface area contributed by atoms with Crippen LogP contribution in [0.2, 0.25) is 0 Å². The summed E-state index contributed by atoms with van der Waals surface area (Å²) in [5, 5.41) is 0. The summed E-state index contributed by atoms with van der Waals surface area (Å²) in [5.41, 5.74) is 5.94. The number of aliphatic imine (C=N–C) groups is 1. The van der Waals surface area contributed by atoms with Crippen molar-refractivity contribution in [3.63, 3.8) is 0 Å². The molecule has 112 valence electrons. The van der Waals surface area contributed by atoms with Crippen LogP contribution in [-0.4, -0.2) is 30.0 Å². The summed E-state index contributed by atoms with van der Waals surface area (Å²) in [6.45, 7) is 5.26. The highest BCUT2D eigenvalue weighted by molar-refractivity contribution is 5.62. The lowest BCUT2D eigenvalue weighted by molar-refractivity contribution is 0.182. The lowest BCUT2D eigenvalue weighted by Gasteiger charge is -2.26. The van der Waals surface area contributed by atoms with Crippen molar-refractivity contribution in [3.8, 4) is 0 Å². The van der Waals surface area contributed by atoms with E-state index >= 15 is 0 Å². The van der Waals surface area contributed by atoms with Gasteiger partial charge in [-0.3, -0.25) is 9.89 Å². The van der Waals surface area contributed by atoms with Gasteiger partial charge in [0, 0.05) is 12.8 Å². The lowest BCUT2D eigenvalue weighted by Crippen LogP contribution is -2.43. The Bertz CT molecular complexity index is 238. The molecule has 0 saturated carbocycles. The minimum absolute atomic E-state index is 0.131. The number of rotatable bonds is 11. The summed E-state index contributed by atoms with van der Waals surface area (Å²) in [7, 11) is 0. The van der Waals surface area contributed by atoms with Gasteiger partial charge in [0.2, 0.25) is 0 Å². The summed E-state index contributed by atoms with van der Waals surface area (Å²) in [4.78, 5) is 6.81. The highest BCUT2D eigenvalue weighted by Crippen LogP contribution is 2.17. The first kappa shape index (κ1) is 16.6. The Balaban J connectivity index is 1.92. The fraction of sp³-hybridized carbons (Fsp3) is 0.938. The molecule has 0 radical (unpaired) electrons. The minimum atomic E-state index is 0.131. The Morgan fingerprint density at radius 1 is 1.11 bits per heavy atom. The van der Waals surface area contributed by atoms with E-state index in [4.69, 9.17) is 5.73 Å². The molecule has 19 heavy (non-hydrogen) atoms. The van der Waals surface area contributed by atoms with E-state index in [2.05, 4.69) is 23.7 Å². The molecule has 2 unspecified atom stereocenters. The molecule has 1 aliphatic rings. The van der Waals surface area contributed by atoms with Crippen LogP contribution in [0.4, 0.5) is 0 Å². The first-order valence-corrected chi connectivity index (χ1v) is 8.28. The first-order chi connectivity index (χ1) is 9.25. The van der Waals surface area contributed by atoms with Crippen LogP contribution in [0.1, 0.15) is 78.1 Å². The van der Waals surface area contributed by atoms with Crippen LogP contribution in [0.25, 0.3) is 0 Å². The third-order valence-corrected chi connectivity index (χ3v) is 4.04. The van der Waals surface area contributed by atoms with Gasteiger partial charge in [-0.05, 0) is 19.8 Å². The van der Waals surface area contributed by atoms with Gasteiger partial charge >= 0.3 is 0 Å². The average molecular weight is 267 g/mol. The predicted octanol–water partition coefficient (Wildman–Crippen LogP) is 3.92. The van der Waals surface area contributed by atoms with E-state index < -0.39 is 0 Å². The van der Waals surface area contributed by atoms with E-state index in [-0.39, 0.29) is 6.17 Å². The van der Waals surface area contributed by atoms with Gasteiger partial charge in [0.25, 0.3) is 0 Å². The van der Waals surface area contributed by atoms with E-state index in [0.717, 1.165) is 6.54 Å². The molecular formula is C16H33N3. The number of hydrogen-bond donors (Lipinski definition) is 1. The van der Waals surface area contributed by atoms with Crippen molar-refractivity contribution in [1.29, 1.82) is 0 Å². The van der Waals surface area contributed by atoms with Gasteiger partial charge in [-0.1, -0.05) is 58.3 Å². The zero-order valence-corrected chi connectivity index (χ0v) is 13.0. The third kappa shape index (κ3) is 7.07. The van der Waals surface area contributed by atoms with Crippen LogP contribution in [0, 0.1) is 0 Å². The highest BCUT2D eigenvalue weighted by atomic mass is 15.3. The molecule has 3 heteroatoms. The number of nitrogens with two attached hydrogens (primary N) is 1. The van der Waals surface area contributed by atoms with Crippen LogP contribution in [0.15, 0.2) is 4.99 Å². The van der Waals surface area contributed by atoms with Crippen LogP contribution in [0.5, 0.6) is 0 Å². The zero-order chi connectivity index (χ0) is 13.9. The van der Waals surface area contributed by atoms with Gasteiger partial charge in [-0.25, -0.2) is 0 Å². The van der Waals surface area contributed by atoms with Crippen LogP contribution < -0.4 is 5.73 Å². The molecule has 3 nitrogen and oxygen atoms in total. The highest BCUT2D eigenvalue weighted by Gasteiger charge is 2.22. The molecule has 0 aromatic carbocycles. The van der Waals surface area contributed by atoms with Crippen molar-refractivity contribution >= 4 is 6.21 Å². The summed E-state index contributed by atoms with van der Waals surface area (Å²) in [5.74, 6) is 0. The lowest BCUT2D eigenvalue weighted by atomic mass is 10.1. The second-order valence-corrected chi connectivity index (χ2v) is 5.87. The Morgan fingerprint density at radius 3 is 2.26 bits per heavy atom. The van der Waals surface area contributed by atoms with Crippen molar-refractivity contribution in [2.75, 3.05) is 6.54 Å². The molecule has 0 amide bonds. The van der Waals surface area contributed by atoms with Gasteiger partial charge in [-0.2, -0.15) is 0 Å². The SMILES string of the molecule is CCCCCCCCCCCC1N=CCN1C(C)N. The van der Waals surface area contributed by atoms with Gasteiger partial charge in [0.1, 0.15) is 6.17 Å². The summed E-state index contributed by atoms with van der Waals surface area (Å²) in [6.07, 6.45) is 16.2. The van der Waals surface area contributed by atoms with Crippen molar-refractivity contribution in [3.05, 3.63) is 0 Å². The topological polar surface area (TPSA) is 41.6 Å². The molecule has 0 aliphatic carbocycles. The number of unbranched alkanes of at least 4 members (excludes halogenated alkanes) is 8. The van der Waals surface area contributed by atoms with Crippen molar-refractivity contribution < 1.29 is 0 Å². The molecule has 0 aromatic rings. The van der Waals surface area contributed by atoms with Gasteiger partial charge in [0.05, 0.1) is 6.17 Å². The summed E-state index contributed by atoms with van der Waals surface area (Å²) in [6, 6.07) is 0. The van der Waals surface area contributed by atoms with Crippen LogP contribution in [-0.2, 0) is 0 Å². The Morgan fingerprint density at radius 2 is 1.68 bits per heavy atom. The Hall–Kier alpha value is -0.410. The van der Waals surface area contributed by atoms with E-state index in [1.807, 2.05) is 6.21 Å². The average Bonchev–Trinajstić information content (AvgIpc) is 2.85. The molecule has 1 rings (SSSR count). The van der Waals surface area contributed by atoms with Gasteiger partial charge in [0.15, 0.2) is 0 Å². The molecule has 2 N–H and O–H groups in total. The monoisotopic (exact) mass is 267 g/mol. The Kier molecular flexibility index (Phi) is 9.10. The summed E-state index contributed by atoms with van der Waals surface area (Å²) < 4.78 is 0. The van der Waals surface area contributed by atoms with E-state index in [1.165, 1.54) is 64.2 Å². The molecular weight excluding hydrogens is 234 g/mol. The van der Waals surface area contributed by atoms with Gasteiger partial charge < -0.3 is 5.73 Å². The first-order valence-electron chi connectivity index (χ1n) is 8.28.